The molecule has 3 N–H and O–H groups in total. The number of nitrogens with one attached hydrogen (secondary N) is 1. The number of hydrogen-bond donors (Lipinski definition) is 2. The first-order valence-electron chi connectivity index (χ1n) is 6.03. The number of rotatable bonds is 4. The molecule has 0 spiro atoms. The van der Waals surface area contributed by atoms with Gasteiger partial charge in [-0.3, -0.25) is 9.89 Å². The Morgan fingerprint density at radius 2 is 2.21 bits per heavy atom. The van der Waals surface area contributed by atoms with Crippen LogP contribution in [0.1, 0.15) is 29.8 Å². The third-order valence-electron chi connectivity index (χ3n) is 2.82. The Hall–Kier alpha value is -2.37. The smallest absolute Gasteiger partial charge is 0.321 e. The second kappa shape index (κ2) is 5.51. The molecule has 1 heterocycles. The van der Waals surface area contributed by atoms with E-state index in [4.69, 9.17) is 10.5 Å². The summed E-state index contributed by atoms with van der Waals surface area (Å²) in [5.41, 5.74) is 7.31. The van der Waals surface area contributed by atoms with E-state index in [9.17, 15) is 4.79 Å². The van der Waals surface area contributed by atoms with Crippen LogP contribution in [0.4, 0.5) is 5.95 Å². The van der Waals surface area contributed by atoms with E-state index in [1.54, 1.807) is 6.92 Å². The summed E-state index contributed by atoms with van der Waals surface area (Å²) in [5.74, 6) is -0.498. The van der Waals surface area contributed by atoms with Gasteiger partial charge in [0.15, 0.2) is 0 Å². The number of nitrogens with two attached hydrogens (primary N) is 1. The largest absolute Gasteiger partial charge is 0.465 e. The highest BCUT2D eigenvalue weighted by Gasteiger charge is 2.28. The summed E-state index contributed by atoms with van der Waals surface area (Å²) < 4.78 is 5.11. The van der Waals surface area contributed by atoms with Crippen LogP contribution in [-0.4, -0.2) is 27.8 Å². The fourth-order valence-electron chi connectivity index (χ4n) is 1.94. The zero-order valence-electron chi connectivity index (χ0n) is 10.9. The molecule has 0 aliphatic rings. The molecule has 1 aromatic heterocycles. The van der Waals surface area contributed by atoms with Crippen molar-refractivity contribution in [2.24, 2.45) is 0 Å². The number of hydrogen-bond acceptors (Lipinski definition) is 5. The van der Waals surface area contributed by atoms with Gasteiger partial charge >= 0.3 is 5.97 Å². The van der Waals surface area contributed by atoms with Gasteiger partial charge in [0.25, 0.3) is 0 Å². The number of esters is 1. The average molecular weight is 260 g/mol. The lowest BCUT2D eigenvalue weighted by Crippen LogP contribution is -2.19. The number of aromatic amines is 1. The minimum atomic E-state index is -0.633. The number of nitrogens with zero attached hydrogens (tertiary/aromatic N) is 2. The van der Waals surface area contributed by atoms with Crippen molar-refractivity contribution < 1.29 is 9.53 Å². The number of H-pyrrole nitrogens is 1. The van der Waals surface area contributed by atoms with Crippen LogP contribution < -0.4 is 5.73 Å². The van der Waals surface area contributed by atoms with Crippen LogP contribution in [0, 0.1) is 6.92 Å². The van der Waals surface area contributed by atoms with E-state index < -0.39 is 5.92 Å². The maximum absolute atomic E-state index is 12.2. The van der Waals surface area contributed by atoms with E-state index in [0.717, 1.165) is 11.1 Å². The minimum Gasteiger partial charge on any atom is -0.465 e. The summed E-state index contributed by atoms with van der Waals surface area (Å²) in [7, 11) is 0. The second-order valence-corrected chi connectivity index (χ2v) is 4.12. The molecule has 0 aliphatic carbocycles. The van der Waals surface area contributed by atoms with Gasteiger partial charge in [-0.25, -0.2) is 0 Å². The van der Waals surface area contributed by atoms with Gasteiger partial charge in [-0.2, -0.15) is 4.98 Å². The van der Waals surface area contributed by atoms with Crippen molar-refractivity contribution in [1.82, 2.24) is 15.2 Å². The first-order valence-corrected chi connectivity index (χ1v) is 6.03. The Kier molecular flexibility index (Phi) is 3.79. The molecule has 2 aromatic rings. The van der Waals surface area contributed by atoms with Crippen molar-refractivity contribution in [2.75, 3.05) is 12.3 Å². The normalized spacial score (nSPS) is 12.1. The molecule has 6 heteroatoms. The number of nitrogen functional groups attached to an aromatic ring is 1. The van der Waals surface area contributed by atoms with Gasteiger partial charge in [0, 0.05) is 0 Å². The molecule has 0 aliphatic heterocycles. The summed E-state index contributed by atoms with van der Waals surface area (Å²) in [6.45, 7) is 4.01. The van der Waals surface area contributed by atoms with E-state index in [1.807, 2.05) is 31.2 Å². The molecular formula is C13H16N4O2. The lowest BCUT2D eigenvalue weighted by molar-refractivity contribution is -0.144. The SMILES string of the molecule is CCOC(=O)C(c1nc(N)n[nH]1)c1ccccc1C. The van der Waals surface area contributed by atoms with Crippen LogP contribution >= 0.6 is 0 Å². The molecule has 0 amide bonds. The van der Waals surface area contributed by atoms with Crippen LogP contribution in [-0.2, 0) is 9.53 Å². The topological polar surface area (TPSA) is 93.9 Å². The lowest BCUT2D eigenvalue weighted by Gasteiger charge is -2.15. The van der Waals surface area contributed by atoms with E-state index in [-0.39, 0.29) is 11.9 Å². The molecule has 1 atom stereocenters. The predicted octanol–water partition coefficient (Wildman–Crippen LogP) is 1.39. The molecule has 100 valence electrons. The zero-order valence-corrected chi connectivity index (χ0v) is 10.9. The fraction of sp³-hybridized carbons (Fsp3) is 0.308. The summed E-state index contributed by atoms with van der Waals surface area (Å²) in [6, 6.07) is 7.58. The maximum Gasteiger partial charge on any atom is 0.321 e. The average Bonchev–Trinajstić information content (AvgIpc) is 2.79. The maximum atomic E-state index is 12.2. The summed E-state index contributed by atoms with van der Waals surface area (Å²) in [6.07, 6.45) is 0. The molecular weight excluding hydrogens is 244 g/mol. The van der Waals surface area contributed by atoms with Crippen LogP contribution in [0.25, 0.3) is 0 Å². The fourth-order valence-corrected chi connectivity index (χ4v) is 1.94. The van der Waals surface area contributed by atoms with Crippen molar-refractivity contribution in [3.8, 4) is 0 Å². The van der Waals surface area contributed by atoms with Crippen LogP contribution in [0.3, 0.4) is 0 Å². The van der Waals surface area contributed by atoms with Crippen molar-refractivity contribution in [2.45, 2.75) is 19.8 Å². The van der Waals surface area contributed by atoms with Gasteiger partial charge in [0.05, 0.1) is 6.61 Å². The molecule has 0 saturated heterocycles. The number of carbonyl (C=O) groups excluding carboxylic acids is 1. The lowest BCUT2D eigenvalue weighted by atomic mass is 9.94. The monoisotopic (exact) mass is 260 g/mol. The van der Waals surface area contributed by atoms with Gasteiger partial charge in [-0.15, -0.1) is 5.10 Å². The standard InChI is InChI=1S/C13H16N4O2/c1-3-19-12(18)10(11-15-13(14)17-16-11)9-7-5-4-6-8(9)2/h4-7,10H,3H2,1-2H3,(H3,14,15,16,17). The molecule has 0 radical (unpaired) electrons. The first-order chi connectivity index (χ1) is 9.13. The van der Waals surface area contributed by atoms with E-state index in [0.29, 0.717) is 12.4 Å². The third-order valence-corrected chi connectivity index (χ3v) is 2.82. The Bertz CT molecular complexity index is 580. The Morgan fingerprint density at radius 3 is 2.79 bits per heavy atom. The first kappa shape index (κ1) is 13.1. The van der Waals surface area contributed by atoms with Crippen LogP contribution in [0.15, 0.2) is 24.3 Å². The van der Waals surface area contributed by atoms with Gasteiger partial charge in [-0.05, 0) is 25.0 Å². The van der Waals surface area contributed by atoms with Crippen molar-refractivity contribution in [1.29, 1.82) is 0 Å². The molecule has 0 saturated carbocycles. The number of aryl methyl sites for hydroxylation is 1. The molecule has 19 heavy (non-hydrogen) atoms. The van der Waals surface area contributed by atoms with Gasteiger partial charge < -0.3 is 10.5 Å². The summed E-state index contributed by atoms with van der Waals surface area (Å²) >= 11 is 0. The molecule has 0 fully saturated rings. The number of aromatic nitrogens is 3. The molecule has 6 nitrogen and oxygen atoms in total. The van der Waals surface area contributed by atoms with E-state index in [2.05, 4.69) is 15.2 Å². The minimum absolute atomic E-state index is 0.109. The highest BCUT2D eigenvalue weighted by Crippen LogP contribution is 2.26. The third kappa shape index (κ3) is 2.73. The van der Waals surface area contributed by atoms with Crippen molar-refractivity contribution in [3.05, 3.63) is 41.2 Å². The molecule has 2 rings (SSSR count). The summed E-state index contributed by atoms with van der Waals surface area (Å²) in [5, 5.41) is 6.45. The van der Waals surface area contributed by atoms with E-state index in [1.165, 1.54) is 0 Å². The Balaban J connectivity index is 2.46. The Morgan fingerprint density at radius 1 is 1.47 bits per heavy atom. The zero-order chi connectivity index (χ0) is 13.8. The highest BCUT2D eigenvalue weighted by atomic mass is 16.5. The van der Waals surface area contributed by atoms with Crippen molar-refractivity contribution in [3.63, 3.8) is 0 Å². The van der Waals surface area contributed by atoms with Gasteiger partial charge in [0.2, 0.25) is 5.95 Å². The number of ether oxygens (including phenoxy) is 1. The number of anilines is 1. The Labute approximate surface area is 111 Å². The van der Waals surface area contributed by atoms with Crippen LogP contribution in [0.2, 0.25) is 0 Å². The highest BCUT2D eigenvalue weighted by molar-refractivity contribution is 5.81. The number of benzene rings is 1. The predicted molar refractivity (Wildman–Crippen MR) is 70.5 cm³/mol. The number of carbonyl (C=O) groups is 1. The van der Waals surface area contributed by atoms with Crippen LogP contribution in [0.5, 0.6) is 0 Å². The van der Waals surface area contributed by atoms with Crippen molar-refractivity contribution >= 4 is 11.9 Å². The van der Waals surface area contributed by atoms with Gasteiger partial charge in [-0.1, -0.05) is 24.3 Å². The quantitative estimate of drug-likeness (QED) is 0.810. The van der Waals surface area contributed by atoms with E-state index >= 15 is 0 Å². The summed E-state index contributed by atoms with van der Waals surface area (Å²) in [4.78, 5) is 16.2. The molecule has 1 aromatic carbocycles. The molecule has 0 bridgehead atoms. The van der Waals surface area contributed by atoms with Gasteiger partial charge in [0.1, 0.15) is 11.7 Å². The second-order valence-electron chi connectivity index (χ2n) is 4.12. The molecule has 1 unspecified atom stereocenters.